The molecular formula is C53H61F2N11O5. The van der Waals surface area contributed by atoms with Gasteiger partial charge in [0.25, 0.3) is 11.5 Å². The minimum absolute atomic E-state index is 0.0239. The van der Waals surface area contributed by atoms with Gasteiger partial charge < -0.3 is 14.8 Å². The highest BCUT2D eigenvalue weighted by Crippen LogP contribution is 2.35. The minimum atomic E-state index is -0.732. The number of hydrogen-bond donors (Lipinski definition) is 2. The lowest BCUT2D eigenvalue weighted by molar-refractivity contribution is -0.135. The Hall–Kier alpha value is -6.76. The Bertz CT molecular complexity index is 3210. The Morgan fingerprint density at radius 1 is 0.887 bits per heavy atom. The monoisotopic (exact) mass is 969 g/mol. The van der Waals surface area contributed by atoms with Gasteiger partial charge in [-0.3, -0.25) is 52.9 Å². The van der Waals surface area contributed by atoms with Crippen LogP contribution in [0.25, 0.3) is 33.3 Å². The lowest BCUT2D eigenvalue weighted by atomic mass is 9.93. The molecule has 2 aromatic carbocycles. The van der Waals surface area contributed by atoms with Gasteiger partial charge in [0, 0.05) is 145 Å². The summed E-state index contributed by atoms with van der Waals surface area (Å²) in [5.41, 5.74) is 5.79. The van der Waals surface area contributed by atoms with E-state index in [1.54, 1.807) is 46.6 Å². The quantitative estimate of drug-likeness (QED) is 0.157. The standard InChI is InChI=1S/C53H61F2N11O5/c1-32-29-61(30-35-6-7-43-46(24-35)60(5)53(71)66(43)44-8-9-47(67)58-51(44)69)22-23-64(32)31-34-11-17-63(18-12-34)52(70)37-25-40(54)49(41(55)26-37)36-13-19-62(20-14-36)33(2)45-28-39-42(10-16-57-50(39)59(45)4)65-21-15-38(56-3)27-48(65)68/h6-7,10,13,15-16,21,24-28,32-34,44,56H,8-9,11-12,14,17-20,22-23,29-31H2,1-5H3,(H,58,67,69)/t32-,33-,44-/m0/s1. The Morgan fingerprint density at radius 3 is 2.35 bits per heavy atom. The molecule has 4 aliphatic heterocycles. The number of anilines is 1. The van der Waals surface area contributed by atoms with Gasteiger partial charge in [-0.2, -0.15) is 0 Å². The summed E-state index contributed by atoms with van der Waals surface area (Å²) >= 11 is 0. The van der Waals surface area contributed by atoms with Gasteiger partial charge in [0.1, 0.15) is 23.3 Å². The van der Waals surface area contributed by atoms with Crippen molar-refractivity contribution in [3.05, 3.63) is 128 Å². The normalized spacial score (nSPS) is 20.4. The fourth-order valence-corrected chi connectivity index (χ4v) is 11.4. The number of halogens is 2. The van der Waals surface area contributed by atoms with E-state index >= 15 is 8.78 Å². The van der Waals surface area contributed by atoms with Crippen LogP contribution in [-0.2, 0) is 30.2 Å². The van der Waals surface area contributed by atoms with Crippen molar-refractivity contribution in [1.29, 1.82) is 0 Å². The molecule has 0 spiro atoms. The van der Waals surface area contributed by atoms with Crippen LogP contribution in [0.2, 0.25) is 0 Å². The summed E-state index contributed by atoms with van der Waals surface area (Å²) in [6.45, 7) is 10.7. The highest BCUT2D eigenvalue weighted by Gasteiger charge is 2.33. The number of hydrogen-bond acceptors (Lipinski definition) is 10. The first-order valence-corrected chi connectivity index (χ1v) is 24.7. The number of likely N-dealkylation sites (tertiary alicyclic amines) is 1. The first-order chi connectivity index (χ1) is 34.2. The van der Waals surface area contributed by atoms with Gasteiger partial charge in [0.05, 0.1) is 16.7 Å². The Morgan fingerprint density at radius 2 is 1.66 bits per heavy atom. The van der Waals surface area contributed by atoms with Gasteiger partial charge in [-0.15, -0.1) is 0 Å². The van der Waals surface area contributed by atoms with Crippen molar-refractivity contribution in [3.63, 3.8) is 0 Å². The molecule has 0 saturated carbocycles. The summed E-state index contributed by atoms with van der Waals surface area (Å²) in [4.78, 5) is 77.9. The number of pyridine rings is 2. The molecule has 6 aromatic rings. The van der Waals surface area contributed by atoms with E-state index < -0.39 is 23.6 Å². The zero-order chi connectivity index (χ0) is 49.8. The molecule has 3 atom stereocenters. The number of aryl methyl sites for hydroxylation is 2. The molecule has 0 radical (unpaired) electrons. The largest absolute Gasteiger partial charge is 0.388 e. The number of nitrogens with one attached hydrogen (secondary N) is 2. The molecule has 3 saturated heterocycles. The van der Waals surface area contributed by atoms with Gasteiger partial charge in [-0.25, -0.2) is 18.6 Å². The fourth-order valence-electron chi connectivity index (χ4n) is 11.4. The lowest BCUT2D eigenvalue weighted by Crippen LogP contribution is -2.53. The summed E-state index contributed by atoms with van der Waals surface area (Å²) in [7, 11) is 5.43. The highest BCUT2D eigenvalue weighted by molar-refractivity contribution is 6.00. The topological polar surface area (TPSA) is 155 Å². The molecule has 4 aliphatic rings. The van der Waals surface area contributed by atoms with Crippen LogP contribution in [-0.4, -0.2) is 126 Å². The number of amides is 3. The smallest absolute Gasteiger partial charge is 0.329 e. The summed E-state index contributed by atoms with van der Waals surface area (Å²) in [6, 6.07) is 15.1. The van der Waals surface area contributed by atoms with E-state index in [4.69, 9.17) is 0 Å². The van der Waals surface area contributed by atoms with Crippen molar-refractivity contribution in [1.82, 2.24) is 48.2 Å². The molecule has 18 heteroatoms. The van der Waals surface area contributed by atoms with E-state index in [0.29, 0.717) is 62.1 Å². The first kappa shape index (κ1) is 47.9. The third kappa shape index (κ3) is 9.12. The van der Waals surface area contributed by atoms with Crippen molar-refractivity contribution in [3.8, 4) is 5.69 Å². The molecule has 0 aliphatic carbocycles. The van der Waals surface area contributed by atoms with Crippen LogP contribution in [0.3, 0.4) is 0 Å². The van der Waals surface area contributed by atoms with Crippen LogP contribution in [0.4, 0.5) is 14.5 Å². The molecule has 10 rings (SSSR count). The molecule has 0 unspecified atom stereocenters. The number of nitrogens with zero attached hydrogens (tertiary/aromatic N) is 9. The highest BCUT2D eigenvalue weighted by atomic mass is 19.1. The van der Waals surface area contributed by atoms with Gasteiger partial charge in [0.2, 0.25) is 11.8 Å². The molecular weight excluding hydrogens is 909 g/mol. The molecule has 0 bridgehead atoms. The predicted molar refractivity (Wildman–Crippen MR) is 268 cm³/mol. The van der Waals surface area contributed by atoms with Crippen LogP contribution >= 0.6 is 0 Å². The Kier molecular flexibility index (Phi) is 13.1. The number of carbonyl (C=O) groups excluding carboxylic acids is 3. The third-order valence-corrected chi connectivity index (χ3v) is 15.6. The second-order valence-electron chi connectivity index (χ2n) is 19.9. The number of fused-ring (bicyclic) bond motifs is 2. The summed E-state index contributed by atoms with van der Waals surface area (Å²) < 4.78 is 38.5. The van der Waals surface area contributed by atoms with E-state index in [2.05, 4.69) is 50.2 Å². The van der Waals surface area contributed by atoms with Crippen LogP contribution < -0.4 is 21.9 Å². The lowest BCUT2D eigenvalue weighted by Gasteiger charge is -2.42. The van der Waals surface area contributed by atoms with E-state index in [9.17, 15) is 24.0 Å². The molecule has 372 valence electrons. The van der Waals surface area contributed by atoms with E-state index in [1.165, 1.54) is 16.7 Å². The molecule has 3 amide bonds. The van der Waals surface area contributed by atoms with Gasteiger partial charge >= 0.3 is 5.69 Å². The second-order valence-corrected chi connectivity index (χ2v) is 19.9. The Labute approximate surface area is 410 Å². The average molecular weight is 970 g/mol. The molecule has 71 heavy (non-hydrogen) atoms. The van der Waals surface area contributed by atoms with Crippen molar-refractivity contribution in [2.24, 2.45) is 20.0 Å². The van der Waals surface area contributed by atoms with Crippen molar-refractivity contribution in [2.45, 2.75) is 70.6 Å². The summed E-state index contributed by atoms with van der Waals surface area (Å²) in [5, 5.41) is 6.21. The summed E-state index contributed by atoms with van der Waals surface area (Å²) in [5.74, 6) is -2.19. The maximum absolute atomic E-state index is 15.9. The van der Waals surface area contributed by atoms with Crippen LogP contribution in [0.5, 0.6) is 0 Å². The number of carbonyl (C=O) groups is 3. The number of piperidine rings is 2. The van der Waals surface area contributed by atoms with E-state index in [1.807, 2.05) is 48.0 Å². The van der Waals surface area contributed by atoms with Crippen molar-refractivity contribution < 1.29 is 23.2 Å². The third-order valence-electron chi connectivity index (χ3n) is 15.6. The van der Waals surface area contributed by atoms with E-state index in [-0.39, 0.29) is 46.7 Å². The fraction of sp³-hybridized carbons (Fsp3) is 0.434. The maximum atomic E-state index is 15.9. The summed E-state index contributed by atoms with van der Waals surface area (Å²) in [6.07, 6.45) is 7.86. The first-order valence-electron chi connectivity index (χ1n) is 24.7. The molecule has 16 nitrogen and oxygen atoms in total. The number of benzene rings is 2. The number of imidazole rings is 1. The van der Waals surface area contributed by atoms with Gasteiger partial charge in [-0.05, 0) is 99.0 Å². The number of imide groups is 1. The van der Waals surface area contributed by atoms with E-state index in [0.717, 1.165) is 84.7 Å². The molecule has 4 aromatic heterocycles. The van der Waals surface area contributed by atoms with Crippen LogP contribution in [0.15, 0.2) is 82.7 Å². The van der Waals surface area contributed by atoms with Crippen LogP contribution in [0, 0.1) is 17.6 Å². The second kappa shape index (κ2) is 19.4. The molecule has 8 heterocycles. The van der Waals surface area contributed by atoms with Crippen molar-refractivity contribution in [2.75, 3.05) is 64.7 Å². The van der Waals surface area contributed by atoms with Gasteiger partial charge in [-0.1, -0.05) is 12.1 Å². The Balaban J connectivity index is 0.719. The number of rotatable bonds is 11. The predicted octanol–water partition coefficient (Wildman–Crippen LogP) is 5.58. The average Bonchev–Trinajstić information content (AvgIpc) is 3.83. The zero-order valence-electron chi connectivity index (χ0n) is 41.0. The van der Waals surface area contributed by atoms with Crippen molar-refractivity contribution >= 4 is 51.0 Å². The SMILES string of the molecule is CNc1ccn(-c2ccnc3c2cc([C@H](C)N2CC=C(c4c(F)cc(C(=O)N5CCC(CN6CCN(Cc7ccc8c(c7)n(C)c(=O)n8[C@H]7CCC(=O)NC7=O)C[C@@H]6C)CC5)cc4F)CC2)n3C)c(=O)c1. The zero-order valence-corrected chi connectivity index (χ0v) is 41.0. The molecule has 2 N–H and O–H groups in total. The number of piperazine rings is 1. The maximum Gasteiger partial charge on any atom is 0.329 e. The number of aromatic nitrogens is 5. The molecule has 3 fully saturated rings. The van der Waals surface area contributed by atoms with Gasteiger partial charge in [0.15, 0.2) is 0 Å². The minimum Gasteiger partial charge on any atom is -0.388 e. The van der Waals surface area contributed by atoms with Crippen LogP contribution in [0.1, 0.15) is 85.2 Å².